The van der Waals surface area contributed by atoms with Crippen LogP contribution in [0.1, 0.15) is 45.6 Å². The minimum absolute atomic E-state index is 0.000750. The highest BCUT2D eigenvalue weighted by Crippen LogP contribution is 2.40. The number of carbonyl (C=O) groups excluding carboxylic acids is 1. The third-order valence-corrected chi connectivity index (χ3v) is 4.81. The highest BCUT2D eigenvalue weighted by Gasteiger charge is 2.36. The Morgan fingerprint density at radius 1 is 1.21 bits per heavy atom. The first kappa shape index (κ1) is 22.8. The van der Waals surface area contributed by atoms with E-state index in [1.54, 1.807) is 25.7 Å². The van der Waals surface area contributed by atoms with Crippen molar-refractivity contribution in [1.82, 2.24) is 4.90 Å². The zero-order valence-electron chi connectivity index (χ0n) is 16.0. The van der Waals surface area contributed by atoms with E-state index in [4.69, 9.17) is 9.47 Å². The Morgan fingerprint density at radius 2 is 1.82 bits per heavy atom. The summed E-state index contributed by atoms with van der Waals surface area (Å²) >= 11 is 2.87. The summed E-state index contributed by atoms with van der Waals surface area (Å²) < 4.78 is 63.8. The SMILES string of the molecule is CC(C)(C)OC(=O)N1CCC(CCOc2c(F)cc(Br)cc2C(F)(F)F)CC1. The summed E-state index contributed by atoms with van der Waals surface area (Å²) in [5, 5.41) is 0. The first-order valence-corrected chi connectivity index (χ1v) is 9.83. The zero-order chi connectivity index (χ0) is 21.1. The van der Waals surface area contributed by atoms with Crippen molar-refractivity contribution in [2.45, 2.75) is 51.8 Å². The topological polar surface area (TPSA) is 38.8 Å². The first-order chi connectivity index (χ1) is 12.9. The van der Waals surface area contributed by atoms with E-state index < -0.39 is 28.9 Å². The van der Waals surface area contributed by atoms with Gasteiger partial charge in [-0.3, -0.25) is 0 Å². The minimum Gasteiger partial charge on any atom is -0.490 e. The average Bonchev–Trinajstić information content (AvgIpc) is 2.54. The smallest absolute Gasteiger partial charge is 0.420 e. The highest BCUT2D eigenvalue weighted by molar-refractivity contribution is 9.10. The quantitative estimate of drug-likeness (QED) is 0.505. The van der Waals surface area contributed by atoms with Gasteiger partial charge in [-0.1, -0.05) is 15.9 Å². The van der Waals surface area contributed by atoms with E-state index in [0.29, 0.717) is 32.4 Å². The van der Waals surface area contributed by atoms with Gasteiger partial charge in [0.05, 0.1) is 6.61 Å². The molecule has 0 aromatic heterocycles. The minimum atomic E-state index is -4.71. The van der Waals surface area contributed by atoms with Crippen LogP contribution in [0.2, 0.25) is 0 Å². The Bertz CT molecular complexity index is 696. The van der Waals surface area contributed by atoms with E-state index >= 15 is 0 Å². The Balaban J connectivity index is 1.87. The maximum atomic E-state index is 14.0. The largest absolute Gasteiger partial charge is 0.490 e. The van der Waals surface area contributed by atoms with Crippen molar-refractivity contribution in [1.29, 1.82) is 0 Å². The first-order valence-electron chi connectivity index (χ1n) is 9.04. The molecule has 0 atom stereocenters. The van der Waals surface area contributed by atoms with Crippen LogP contribution in [0.25, 0.3) is 0 Å². The van der Waals surface area contributed by atoms with E-state index in [-0.39, 0.29) is 23.1 Å². The fraction of sp³-hybridized carbons (Fsp3) is 0.632. The molecule has 1 aliphatic rings. The second-order valence-corrected chi connectivity index (χ2v) is 8.73. The number of halogens is 5. The molecule has 0 N–H and O–H groups in total. The van der Waals surface area contributed by atoms with Crippen LogP contribution in [0.4, 0.5) is 22.4 Å². The molecule has 1 aromatic rings. The number of hydrogen-bond acceptors (Lipinski definition) is 3. The standard InChI is InChI=1S/C19H24BrF4NO3/c1-18(2,3)28-17(26)25-7-4-12(5-8-25)6-9-27-16-14(19(22,23)24)10-13(20)11-15(16)21/h10-12H,4-9H2,1-3H3. The predicted octanol–water partition coefficient (Wildman–Crippen LogP) is 6.02. The molecule has 0 aliphatic carbocycles. The molecule has 1 heterocycles. The lowest BCUT2D eigenvalue weighted by Gasteiger charge is -2.33. The lowest BCUT2D eigenvalue weighted by Crippen LogP contribution is -2.41. The number of rotatable bonds is 4. The molecule has 0 radical (unpaired) electrons. The molecule has 0 saturated carbocycles. The normalized spacial score (nSPS) is 16.2. The molecule has 1 aliphatic heterocycles. The van der Waals surface area contributed by atoms with Crippen molar-refractivity contribution >= 4 is 22.0 Å². The van der Waals surface area contributed by atoms with Crippen LogP contribution < -0.4 is 4.74 Å². The van der Waals surface area contributed by atoms with Gasteiger partial charge >= 0.3 is 12.3 Å². The summed E-state index contributed by atoms with van der Waals surface area (Å²) in [4.78, 5) is 13.7. The van der Waals surface area contributed by atoms with Crippen molar-refractivity contribution in [3.05, 3.63) is 28.0 Å². The van der Waals surface area contributed by atoms with Crippen LogP contribution in [0, 0.1) is 11.7 Å². The van der Waals surface area contributed by atoms with Gasteiger partial charge in [-0.2, -0.15) is 13.2 Å². The average molecular weight is 470 g/mol. The van der Waals surface area contributed by atoms with Crippen LogP contribution in [-0.4, -0.2) is 36.3 Å². The highest BCUT2D eigenvalue weighted by atomic mass is 79.9. The Morgan fingerprint density at radius 3 is 2.36 bits per heavy atom. The van der Waals surface area contributed by atoms with E-state index in [1.165, 1.54) is 0 Å². The Hall–Kier alpha value is -1.51. The number of ether oxygens (including phenoxy) is 2. The van der Waals surface area contributed by atoms with Crippen molar-refractivity contribution in [3.8, 4) is 5.75 Å². The number of piperidine rings is 1. The molecule has 1 amide bonds. The summed E-state index contributed by atoms with van der Waals surface area (Å²) in [5.74, 6) is -1.64. The summed E-state index contributed by atoms with van der Waals surface area (Å²) in [6.45, 7) is 6.39. The van der Waals surface area contributed by atoms with Gasteiger partial charge in [0.1, 0.15) is 11.2 Å². The zero-order valence-corrected chi connectivity index (χ0v) is 17.6. The van der Waals surface area contributed by atoms with Gasteiger partial charge in [-0.05, 0) is 58.1 Å². The van der Waals surface area contributed by atoms with Gasteiger partial charge in [0.2, 0.25) is 0 Å². The maximum absolute atomic E-state index is 14.0. The van der Waals surface area contributed by atoms with E-state index in [9.17, 15) is 22.4 Å². The van der Waals surface area contributed by atoms with Crippen LogP contribution in [0.5, 0.6) is 5.75 Å². The molecule has 0 unspecified atom stereocenters. The second-order valence-electron chi connectivity index (χ2n) is 7.81. The van der Waals surface area contributed by atoms with Crippen molar-refractivity contribution in [2.24, 2.45) is 5.92 Å². The maximum Gasteiger partial charge on any atom is 0.420 e. The lowest BCUT2D eigenvalue weighted by molar-refractivity contribution is -0.139. The molecule has 158 valence electrons. The molecule has 1 aromatic carbocycles. The van der Waals surface area contributed by atoms with Gasteiger partial charge in [0.25, 0.3) is 0 Å². The number of alkyl halides is 3. The molecule has 28 heavy (non-hydrogen) atoms. The molecule has 4 nitrogen and oxygen atoms in total. The summed E-state index contributed by atoms with van der Waals surface area (Å²) in [6, 6.07) is 1.75. The van der Waals surface area contributed by atoms with Crippen molar-refractivity contribution in [3.63, 3.8) is 0 Å². The number of carbonyl (C=O) groups is 1. The predicted molar refractivity (Wildman–Crippen MR) is 99.7 cm³/mol. The van der Waals surface area contributed by atoms with Crippen molar-refractivity contribution < 1.29 is 31.8 Å². The number of nitrogens with zero attached hydrogens (tertiary/aromatic N) is 1. The third-order valence-electron chi connectivity index (χ3n) is 4.35. The van der Waals surface area contributed by atoms with E-state index in [1.807, 2.05) is 0 Å². The summed E-state index contributed by atoms with van der Waals surface area (Å²) in [6.07, 6.45) is -3.21. The summed E-state index contributed by atoms with van der Waals surface area (Å²) in [5.41, 5.74) is -1.70. The van der Waals surface area contributed by atoms with E-state index in [0.717, 1.165) is 12.1 Å². The van der Waals surface area contributed by atoms with Gasteiger partial charge in [0, 0.05) is 17.6 Å². The Kier molecular flexibility index (Phi) is 7.22. The van der Waals surface area contributed by atoms with Crippen LogP contribution >= 0.6 is 15.9 Å². The van der Waals surface area contributed by atoms with Gasteiger partial charge in [-0.25, -0.2) is 9.18 Å². The molecule has 1 saturated heterocycles. The van der Waals surface area contributed by atoms with Gasteiger partial charge in [0.15, 0.2) is 11.6 Å². The summed E-state index contributed by atoms with van der Waals surface area (Å²) in [7, 11) is 0. The molecule has 0 bridgehead atoms. The molecule has 1 fully saturated rings. The number of likely N-dealkylation sites (tertiary alicyclic amines) is 1. The van der Waals surface area contributed by atoms with Gasteiger partial charge in [-0.15, -0.1) is 0 Å². The van der Waals surface area contributed by atoms with Crippen LogP contribution in [0.15, 0.2) is 16.6 Å². The molecular formula is C19H24BrF4NO3. The fourth-order valence-electron chi connectivity index (χ4n) is 2.98. The molecular weight excluding hydrogens is 446 g/mol. The third kappa shape index (κ3) is 6.53. The van der Waals surface area contributed by atoms with Gasteiger partial charge < -0.3 is 14.4 Å². The van der Waals surface area contributed by atoms with Crippen LogP contribution in [0.3, 0.4) is 0 Å². The second kappa shape index (κ2) is 8.88. The van der Waals surface area contributed by atoms with Crippen molar-refractivity contribution in [2.75, 3.05) is 19.7 Å². The van der Waals surface area contributed by atoms with Crippen LogP contribution in [-0.2, 0) is 10.9 Å². The number of hydrogen-bond donors (Lipinski definition) is 0. The monoisotopic (exact) mass is 469 g/mol. The molecule has 9 heteroatoms. The number of amides is 1. The van der Waals surface area contributed by atoms with E-state index in [2.05, 4.69) is 15.9 Å². The number of benzene rings is 1. The fourth-order valence-corrected chi connectivity index (χ4v) is 3.41. The molecule has 0 spiro atoms. The lowest BCUT2D eigenvalue weighted by atomic mass is 9.94. The Labute approximate surface area is 170 Å². The molecule has 2 rings (SSSR count).